The second-order valence-corrected chi connectivity index (χ2v) is 6.20. The highest BCUT2D eigenvalue weighted by Crippen LogP contribution is 2.29. The van der Waals surface area contributed by atoms with E-state index >= 15 is 0 Å². The van der Waals surface area contributed by atoms with E-state index in [1.165, 1.54) is 17.7 Å². The Morgan fingerprint density at radius 3 is 2.95 bits per heavy atom. The van der Waals surface area contributed by atoms with Crippen LogP contribution in [0.15, 0.2) is 29.2 Å². The molecule has 1 heterocycles. The summed E-state index contributed by atoms with van der Waals surface area (Å²) < 4.78 is 0. The molecule has 3 nitrogen and oxygen atoms in total. The number of carbonyl (C=O) groups is 1. The van der Waals surface area contributed by atoms with Crippen LogP contribution in [0.5, 0.6) is 0 Å². The van der Waals surface area contributed by atoms with Crippen molar-refractivity contribution in [2.24, 2.45) is 0 Å². The molecule has 1 aliphatic carbocycles. The fraction of sp³-hybridized carbons (Fsp3) is 0.286. The van der Waals surface area contributed by atoms with Gasteiger partial charge in [-0.1, -0.05) is 6.07 Å². The fourth-order valence-electron chi connectivity index (χ4n) is 2.22. The first-order chi connectivity index (χ1) is 9.22. The molecule has 98 valence electrons. The summed E-state index contributed by atoms with van der Waals surface area (Å²) in [4.78, 5) is 18.7. The maximum atomic E-state index is 12.1. The molecule has 19 heavy (non-hydrogen) atoms. The number of nitrogens with one attached hydrogen (secondary N) is 1. The normalized spacial score (nSPS) is 13.9. The van der Waals surface area contributed by atoms with E-state index in [0.29, 0.717) is 10.7 Å². The van der Waals surface area contributed by atoms with Gasteiger partial charge in [-0.2, -0.15) is 0 Å². The van der Waals surface area contributed by atoms with Crippen LogP contribution < -0.4 is 5.32 Å². The number of aryl methyl sites for hydroxylation is 2. The summed E-state index contributed by atoms with van der Waals surface area (Å²) in [5.74, 6) is -0.123. The van der Waals surface area contributed by atoms with E-state index in [4.69, 9.17) is 0 Å². The maximum Gasteiger partial charge on any atom is 0.257 e. The van der Waals surface area contributed by atoms with Gasteiger partial charge in [0, 0.05) is 15.3 Å². The topological polar surface area (TPSA) is 42.0 Å². The second kappa shape index (κ2) is 5.35. The number of thiazole rings is 1. The summed E-state index contributed by atoms with van der Waals surface area (Å²) in [6, 6.07) is 7.21. The molecule has 0 saturated carbocycles. The van der Waals surface area contributed by atoms with E-state index in [-0.39, 0.29) is 5.91 Å². The molecule has 0 spiro atoms. The lowest BCUT2D eigenvalue weighted by Gasteiger charge is -2.06. The molecule has 1 amide bonds. The number of rotatable bonds is 2. The summed E-state index contributed by atoms with van der Waals surface area (Å²) in [7, 11) is 0. The number of thiol groups is 1. The number of fused-ring (bicyclic) bond motifs is 1. The molecule has 1 aromatic carbocycles. The Morgan fingerprint density at radius 2 is 2.16 bits per heavy atom. The number of nitrogens with zero attached hydrogens (tertiary/aromatic N) is 1. The average molecular weight is 290 g/mol. The second-order valence-electron chi connectivity index (χ2n) is 4.60. The molecule has 5 heteroatoms. The van der Waals surface area contributed by atoms with Crippen molar-refractivity contribution in [3.05, 3.63) is 40.4 Å². The van der Waals surface area contributed by atoms with Crippen molar-refractivity contribution in [3.8, 4) is 0 Å². The summed E-state index contributed by atoms with van der Waals surface area (Å²) in [5.41, 5.74) is 1.77. The van der Waals surface area contributed by atoms with Gasteiger partial charge < -0.3 is 0 Å². The van der Waals surface area contributed by atoms with Crippen LogP contribution in [0.3, 0.4) is 0 Å². The maximum absolute atomic E-state index is 12.1. The molecule has 2 aromatic rings. The minimum absolute atomic E-state index is 0.123. The largest absolute Gasteiger partial charge is 0.298 e. The van der Waals surface area contributed by atoms with Crippen LogP contribution in [-0.2, 0) is 12.8 Å². The van der Waals surface area contributed by atoms with Crippen molar-refractivity contribution in [1.82, 2.24) is 4.98 Å². The van der Waals surface area contributed by atoms with Crippen LogP contribution in [0.25, 0.3) is 0 Å². The lowest BCUT2D eigenvalue weighted by Crippen LogP contribution is -2.11. The Balaban J connectivity index is 1.77. The quantitative estimate of drug-likeness (QED) is 0.830. The van der Waals surface area contributed by atoms with E-state index in [9.17, 15) is 4.79 Å². The van der Waals surface area contributed by atoms with Crippen molar-refractivity contribution in [2.45, 2.75) is 30.6 Å². The number of amides is 1. The molecule has 1 N–H and O–H groups in total. The summed E-state index contributed by atoms with van der Waals surface area (Å²) in [6.07, 6.45) is 4.55. The first-order valence-electron chi connectivity index (χ1n) is 6.31. The highest BCUT2D eigenvalue weighted by Gasteiger charge is 2.16. The van der Waals surface area contributed by atoms with Crippen molar-refractivity contribution in [2.75, 3.05) is 5.32 Å². The molecule has 0 unspecified atom stereocenters. The van der Waals surface area contributed by atoms with Crippen LogP contribution >= 0.6 is 24.0 Å². The lowest BCUT2D eigenvalue weighted by molar-refractivity contribution is 0.102. The number of carbonyl (C=O) groups excluding carboxylic acids is 1. The van der Waals surface area contributed by atoms with Gasteiger partial charge >= 0.3 is 0 Å². The van der Waals surface area contributed by atoms with Gasteiger partial charge in [0.05, 0.1) is 5.69 Å². The first kappa shape index (κ1) is 12.7. The Bertz CT molecular complexity index is 598. The van der Waals surface area contributed by atoms with Gasteiger partial charge in [-0.05, 0) is 43.9 Å². The van der Waals surface area contributed by atoms with Gasteiger partial charge in [0.25, 0.3) is 5.91 Å². The van der Waals surface area contributed by atoms with E-state index in [1.807, 2.05) is 12.1 Å². The van der Waals surface area contributed by atoms with Crippen LogP contribution in [0, 0.1) is 0 Å². The van der Waals surface area contributed by atoms with Crippen LogP contribution in [-0.4, -0.2) is 10.9 Å². The Morgan fingerprint density at radius 1 is 1.32 bits per heavy atom. The highest BCUT2D eigenvalue weighted by molar-refractivity contribution is 7.80. The number of hydrogen-bond acceptors (Lipinski definition) is 4. The molecule has 0 saturated heterocycles. The standard InChI is InChI=1S/C14H14N2OS2/c17-13(9-4-3-5-10(18)8-9)16-14-15-11-6-1-2-7-12(11)19-14/h3-5,8,18H,1-2,6-7H2,(H,15,16,17). The minimum Gasteiger partial charge on any atom is -0.298 e. The zero-order valence-corrected chi connectivity index (χ0v) is 12.1. The van der Waals surface area contributed by atoms with Crippen LogP contribution in [0.1, 0.15) is 33.8 Å². The predicted molar refractivity (Wildman–Crippen MR) is 80.4 cm³/mol. The molecule has 0 radical (unpaired) electrons. The number of benzene rings is 1. The van der Waals surface area contributed by atoms with Crippen molar-refractivity contribution >= 4 is 35.0 Å². The zero-order valence-electron chi connectivity index (χ0n) is 10.3. The SMILES string of the molecule is O=C(Nc1nc2c(s1)CCCC2)c1cccc(S)c1. The number of hydrogen-bond donors (Lipinski definition) is 2. The summed E-state index contributed by atoms with van der Waals surface area (Å²) in [6.45, 7) is 0. The van der Waals surface area contributed by atoms with Crippen molar-refractivity contribution in [1.29, 1.82) is 0 Å². The third-order valence-electron chi connectivity index (χ3n) is 3.17. The molecular weight excluding hydrogens is 276 g/mol. The van der Waals surface area contributed by atoms with E-state index in [0.717, 1.165) is 23.4 Å². The molecule has 0 bridgehead atoms. The van der Waals surface area contributed by atoms with Crippen molar-refractivity contribution < 1.29 is 4.79 Å². The third-order valence-corrected chi connectivity index (χ3v) is 4.53. The molecule has 0 fully saturated rings. The summed E-state index contributed by atoms with van der Waals surface area (Å²) in [5, 5.41) is 3.59. The zero-order chi connectivity index (χ0) is 13.2. The number of aromatic nitrogens is 1. The van der Waals surface area contributed by atoms with Crippen LogP contribution in [0.2, 0.25) is 0 Å². The molecular formula is C14H14N2OS2. The molecule has 3 rings (SSSR count). The van der Waals surface area contributed by atoms with Gasteiger partial charge in [0.15, 0.2) is 5.13 Å². The molecule has 1 aromatic heterocycles. The smallest absolute Gasteiger partial charge is 0.257 e. The Hall–Kier alpha value is -1.33. The Labute approximate surface area is 121 Å². The molecule has 0 atom stereocenters. The van der Waals surface area contributed by atoms with Gasteiger partial charge in [-0.25, -0.2) is 4.98 Å². The third kappa shape index (κ3) is 2.82. The summed E-state index contributed by atoms with van der Waals surface area (Å²) >= 11 is 5.84. The van der Waals surface area contributed by atoms with E-state index in [2.05, 4.69) is 22.9 Å². The monoisotopic (exact) mass is 290 g/mol. The van der Waals surface area contributed by atoms with E-state index in [1.54, 1.807) is 23.5 Å². The number of anilines is 1. The predicted octanol–water partition coefficient (Wildman–Crippen LogP) is 3.56. The lowest BCUT2D eigenvalue weighted by atomic mass is 10.0. The first-order valence-corrected chi connectivity index (χ1v) is 7.58. The highest BCUT2D eigenvalue weighted by atomic mass is 32.1. The fourth-order valence-corrected chi connectivity index (χ4v) is 3.49. The average Bonchev–Trinajstić information content (AvgIpc) is 2.80. The molecule has 1 aliphatic rings. The van der Waals surface area contributed by atoms with Crippen LogP contribution in [0.4, 0.5) is 5.13 Å². The van der Waals surface area contributed by atoms with Gasteiger partial charge in [0.2, 0.25) is 0 Å². The van der Waals surface area contributed by atoms with Gasteiger partial charge in [-0.15, -0.1) is 24.0 Å². The molecule has 0 aliphatic heterocycles. The van der Waals surface area contributed by atoms with Gasteiger partial charge in [-0.3, -0.25) is 10.1 Å². The van der Waals surface area contributed by atoms with E-state index < -0.39 is 0 Å². The Kier molecular flexibility index (Phi) is 3.57. The van der Waals surface area contributed by atoms with Gasteiger partial charge in [0.1, 0.15) is 0 Å². The minimum atomic E-state index is -0.123. The van der Waals surface area contributed by atoms with Crippen molar-refractivity contribution in [3.63, 3.8) is 0 Å².